The molecule has 1 aliphatic rings. The van der Waals surface area contributed by atoms with E-state index in [0.717, 1.165) is 37.6 Å². The number of hydrogen-bond donors (Lipinski definition) is 0. The van der Waals surface area contributed by atoms with Crippen molar-refractivity contribution in [1.29, 1.82) is 0 Å². The topological polar surface area (TPSA) is 19.4 Å². The molecule has 106 valence electrons. The van der Waals surface area contributed by atoms with Crippen molar-refractivity contribution in [3.63, 3.8) is 0 Å². The molecule has 0 radical (unpaired) electrons. The second kappa shape index (κ2) is 5.86. The molecule has 0 unspecified atom stereocenters. The number of rotatable bonds is 2. The van der Waals surface area contributed by atoms with E-state index in [4.69, 9.17) is 23.2 Å². The average molecular weight is 302 g/mol. The molecule has 0 aromatic carbocycles. The van der Waals surface area contributed by atoms with Gasteiger partial charge in [0.25, 0.3) is 0 Å². The zero-order valence-electron chi connectivity index (χ0n) is 11.8. The first kappa shape index (κ1) is 14.9. The Morgan fingerprint density at radius 3 is 2.32 bits per heavy atom. The maximum Gasteiger partial charge on any atom is 0.147 e. The predicted molar refractivity (Wildman–Crippen MR) is 82.3 cm³/mol. The van der Waals surface area contributed by atoms with Crippen LogP contribution in [0.5, 0.6) is 0 Å². The second-order valence-corrected chi connectivity index (χ2v) is 6.60. The number of alkyl halides is 1. The van der Waals surface area contributed by atoms with Gasteiger partial charge in [-0.1, -0.05) is 11.6 Å². The number of nitrogens with zero attached hydrogens (tertiary/aromatic N) is 3. The van der Waals surface area contributed by atoms with Crippen LogP contribution >= 0.6 is 23.2 Å². The van der Waals surface area contributed by atoms with Gasteiger partial charge in [-0.15, -0.1) is 11.6 Å². The lowest BCUT2D eigenvalue weighted by Crippen LogP contribution is -2.53. The van der Waals surface area contributed by atoms with Crippen LogP contribution in [0, 0.1) is 0 Å². The quantitative estimate of drug-likeness (QED) is 0.781. The molecule has 0 saturated carbocycles. The minimum atomic E-state index is 0.228. The first-order chi connectivity index (χ1) is 8.91. The van der Waals surface area contributed by atoms with Gasteiger partial charge in [0.1, 0.15) is 5.82 Å². The summed E-state index contributed by atoms with van der Waals surface area (Å²) in [7, 11) is 0. The minimum absolute atomic E-state index is 0.228. The summed E-state index contributed by atoms with van der Waals surface area (Å²) >= 11 is 12.1. The number of aromatic nitrogens is 1. The highest BCUT2D eigenvalue weighted by Crippen LogP contribution is 2.26. The fraction of sp³-hybridized carbons (Fsp3) is 0.643. The summed E-state index contributed by atoms with van der Waals surface area (Å²) in [6.07, 6.45) is 1.81. The van der Waals surface area contributed by atoms with Crippen molar-refractivity contribution in [2.45, 2.75) is 32.2 Å². The van der Waals surface area contributed by atoms with Crippen molar-refractivity contribution in [1.82, 2.24) is 9.88 Å². The summed E-state index contributed by atoms with van der Waals surface area (Å²) in [5, 5.41) is 0.697. The van der Waals surface area contributed by atoms with Gasteiger partial charge >= 0.3 is 0 Å². The molecule has 2 heterocycles. The molecular weight excluding hydrogens is 281 g/mol. The Labute approximate surface area is 125 Å². The minimum Gasteiger partial charge on any atom is -0.353 e. The van der Waals surface area contributed by atoms with Crippen LogP contribution in [0.1, 0.15) is 26.3 Å². The number of piperazine rings is 1. The predicted octanol–water partition coefficient (Wildman–Crippen LogP) is 3.39. The highest BCUT2D eigenvalue weighted by atomic mass is 35.5. The van der Waals surface area contributed by atoms with E-state index in [9.17, 15) is 0 Å². The molecule has 0 spiro atoms. The lowest BCUT2D eigenvalue weighted by molar-refractivity contribution is 0.128. The Morgan fingerprint density at radius 2 is 1.84 bits per heavy atom. The molecule has 0 bridgehead atoms. The normalized spacial score (nSPS) is 17.8. The molecule has 5 heteroatoms. The van der Waals surface area contributed by atoms with Gasteiger partial charge in [0.2, 0.25) is 0 Å². The summed E-state index contributed by atoms with van der Waals surface area (Å²) in [5.41, 5.74) is 1.19. The van der Waals surface area contributed by atoms with Gasteiger partial charge in [-0.05, 0) is 32.4 Å². The van der Waals surface area contributed by atoms with Gasteiger partial charge in [0.15, 0.2) is 0 Å². The lowest BCUT2D eigenvalue weighted by Gasteiger charge is -2.42. The summed E-state index contributed by atoms with van der Waals surface area (Å²) in [6.45, 7) is 10.8. The summed E-state index contributed by atoms with van der Waals surface area (Å²) in [6, 6.07) is 1.91. The Kier molecular flexibility index (Phi) is 4.59. The molecule has 2 rings (SSSR count). The van der Waals surface area contributed by atoms with Gasteiger partial charge in [0, 0.05) is 43.8 Å². The van der Waals surface area contributed by atoms with Gasteiger partial charge < -0.3 is 4.90 Å². The Hall–Kier alpha value is -0.510. The monoisotopic (exact) mass is 301 g/mol. The molecule has 1 aromatic heterocycles. The van der Waals surface area contributed by atoms with Gasteiger partial charge in [-0.3, -0.25) is 4.90 Å². The van der Waals surface area contributed by atoms with Gasteiger partial charge in [-0.2, -0.15) is 0 Å². The van der Waals surface area contributed by atoms with Crippen LogP contribution in [-0.2, 0) is 5.88 Å². The van der Waals surface area contributed by atoms with E-state index in [0.29, 0.717) is 10.9 Å². The Balaban J connectivity index is 2.06. The number of halogens is 2. The first-order valence-corrected chi connectivity index (χ1v) is 7.53. The van der Waals surface area contributed by atoms with Crippen LogP contribution in [0.15, 0.2) is 12.3 Å². The number of anilines is 1. The maximum absolute atomic E-state index is 6.29. The average Bonchev–Trinajstić information content (AvgIpc) is 2.37. The van der Waals surface area contributed by atoms with E-state index in [-0.39, 0.29) is 5.54 Å². The Bertz CT molecular complexity index is 435. The molecule has 19 heavy (non-hydrogen) atoms. The van der Waals surface area contributed by atoms with Crippen molar-refractivity contribution < 1.29 is 0 Å². The van der Waals surface area contributed by atoms with Crippen molar-refractivity contribution in [3.05, 3.63) is 22.8 Å². The van der Waals surface area contributed by atoms with E-state index >= 15 is 0 Å². The molecule has 1 aromatic rings. The number of hydrogen-bond acceptors (Lipinski definition) is 3. The summed E-state index contributed by atoms with van der Waals surface area (Å²) < 4.78 is 0. The van der Waals surface area contributed by atoms with E-state index < -0.39 is 0 Å². The van der Waals surface area contributed by atoms with Crippen LogP contribution < -0.4 is 4.90 Å². The molecule has 3 nitrogen and oxygen atoms in total. The van der Waals surface area contributed by atoms with E-state index in [1.165, 1.54) is 0 Å². The smallest absolute Gasteiger partial charge is 0.147 e. The highest BCUT2D eigenvalue weighted by Gasteiger charge is 2.26. The third kappa shape index (κ3) is 3.53. The summed E-state index contributed by atoms with van der Waals surface area (Å²) in [4.78, 5) is 9.19. The second-order valence-electron chi connectivity index (χ2n) is 5.93. The first-order valence-electron chi connectivity index (χ1n) is 6.62. The van der Waals surface area contributed by atoms with Gasteiger partial charge in [0.05, 0.1) is 5.02 Å². The van der Waals surface area contributed by atoms with Crippen molar-refractivity contribution in [3.8, 4) is 0 Å². The SMILES string of the molecule is CC(C)(C)N1CCN(c2ncc(CCl)cc2Cl)CC1. The molecule has 0 N–H and O–H groups in total. The van der Waals surface area contributed by atoms with Crippen LogP contribution in [0.25, 0.3) is 0 Å². The lowest BCUT2D eigenvalue weighted by atomic mass is 10.0. The summed E-state index contributed by atoms with van der Waals surface area (Å²) in [5.74, 6) is 1.33. The van der Waals surface area contributed by atoms with E-state index in [1.807, 2.05) is 12.3 Å². The molecule has 1 saturated heterocycles. The molecule has 0 amide bonds. The number of pyridine rings is 1. The van der Waals surface area contributed by atoms with Crippen LogP contribution in [0.2, 0.25) is 5.02 Å². The van der Waals surface area contributed by atoms with Crippen molar-refractivity contribution in [2.24, 2.45) is 0 Å². The molecule has 1 aliphatic heterocycles. The fourth-order valence-electron chi connectivity index (χ4n) is 2.37. The van der Waals surface area contributed by atoms with Gasteiger partial charge in [-0.25, -0.2) is 4.98 Å². The Morgan fingerprint density at radius 1 is 1.21 bits per heavy atom. The molecule has 0 aliphatic carbocycles. The third-order valence-corrected chi connectivity index (χ3v) is 4.15. The molecular formula is C14H21Cl2N3. The fourth-order valence-corrected chi connectivity index (χ4v) is 2.82. The molecule has 0 atom stereocenters. The van der Waals surface area contributed by atoms with Crippen molar-refractivity contribution in [2.75, 3.05) is 31.1 Å². The van der Waals surface area contributed by atoms with Crippen molar-refractivity contribution >= 4 is 29.0 Å². The third-order valence-electron chi connectivity index (χ3n) is 3.56. The van der Waals surface area contributed by atoms with Crippen LogP contribution in [0.4, 0.5) is 5.82 Å². The van der Waals surface area contributed by atoms with Crippen LogP contribution in [-0.4, -0.2) is 41.6 Å². The van der Waals surface area contributed by atoms with E-state index in [1.54, 1.807) is 0 Å². The molecule has 1 fully saturated rings. The highest BCUT2D eigenvalue weighted by molar-refractivity contribution is 6.33. The largest absolute Gasteiger partial charge is 0.353 e. The zero-order valence-corrected chi connectivity index (χ0v) is 13.3. The van der Waals surface area contributed by atoms with E-state index in [2.05, 4.69) is 35.6 Å². The maximum atomic E-state index is 6.29. The zero-order chi connectivity index (χ0) is 14.0. The van der Waals surface area contributed by atoms with Crippen LogP contribution in [0.3, 0.4) is 0 Å². The standard InChI is InChI=1S/C14H21Cl2N3/c1-14(2,3)19-6-4-18(5-7-19)13-12(16)8-11(9-15)10-17-13/h8,10H,4-7,9H2,1-3H3.